The number of fused-ring (bicyclic) bond motifs is 1. The van der Waals surface area contributed by atoms with Gasteiger partial charge in [0.2, 0.25) is 0 Å². The van der Waals surface area contributed by atoms with Gasteiger partial charge in [-0.05, 0) is 44.2 Å². The molecule has 23 heavy (non-hydrogen) atoms. The predicted octanol–water partition coefficient (Wildman–Crippen LogP) is 3.98. The Morgan fingerprint density at radius 2 is 1.83 bits per heavy atom. The Morgan fingerprint density at radius 1 is 1.04 bits per heavy atom. The van der Waals surface area contributed by atoms with Crippen molar-refractivity contribution < 1.29 is 14.3 Å². The lowest BCUT2D eigenvalue weighted by molar-refractivity contribution is -0.110. The van der Waals surface area contributed by atoms with Crippen molar-refractivity contribution in [2.75, 3.05) is 18.5 Å². The minimum atomic E-state index is -0.101. The van der Waals surface area contributed by atoms with Crippen LogP contribution >= 0.6 is 0 Å². The Labute approximate surface area is 135 Å². The quantitative estimate of drug-likeness (QED) is 0.850. The molecule has 4 nitrogen and oxygen atoms in total. The SMILES string of the molecule is CCOc1ccc(OCC)c(C=C2C(=O)Nc3ccccc32)c1. The molecule has 1 N–H and O–H groups in total. The number of para-hydroxylation sites is 1. The molecule has 2 aromatic rings. The summed E-state index contributed by atoms with van der Waals surface area (Å²) < 4.78 is 11.2. The molecule has 0 atom stereocenters. The van der Waals surface area contributed by atoms with E-state index in [2.05, 4.69) is 5.32 Å². The molecule has 0 aliphatic carbocycles. The molecule has 1 aliphatic rings. The Bertz CT molecular complexity index is 765. The first-order valence-corrected chi connectivity index (χ1v) is 7.75. The number of hydrogen-bond donors (Lipinski definition) is 1. The van der Waals surface area contributed by atoms with Crippen molar-refractivity contribution in [3.63, 3.8) is 0 Å². The smallest absolute Gasteiger partial charge is 0.256 e. The van der Waals surface area contributed by atoms with Crippen LogP contribution in [0.3, 0.4) is 0 Å². The first-order chi connectivity index (χ1) is 11.2. The van der Waals surface area contributed by atoms with Crippen molar-refractivity contribution in [2.24, 2.45) is 0 Å². The van der Waals surface area contributed by atoms with Gasteiger partial charge in [0.1, 0.15) is 11.5 Å². The maximum Gasteiger partial charge on any atom is 0.256 e. The van der Waals surface area contributed by atoms with Gasteiger partial charge in [-0.25, -0.2) is 0 Å². The molecule has 0 bridgehead atoms. The highest BCUT2D eigenvalue weighted by Crippen LogP contribution is 2.35. The molecule has 4 heteroatoms. The molecule has 0 saturated heterocycles. The van der Waals surface area contributed by atoms with E-state index in [4.69, 9.17) is 9.47 Å². The molecular weight excluding hydrogens is 290 g/mol. The Morgan fingerprint density at radius 3 is 2.61 bits per heavy atom. The minimum Gasteiger partial charge on any atom is -0.494 e. The van der Waals surface area contributed by atoms with Gasteiger partial charge < -0.3 is 14.8 Å². The highest BCUT2D eigenvalue weighted by molar-refractivity contribution is 6.35. The summed E-state index contributed by atoms with van der Waals surface area (Å²) >= 11 is 0. The lowest BCUT2D eigenvalue weighted by atomic mass is 10.0. The fourth-order valence-corrected chi connectivity index (χ4v) is 2.62. The van der Waals surface area contributed by atoms with Crippen molar-refractivity contribution in [3.8, 4) is 11.5 Å². The van der Waals surface area contributed by atoms with Crippen molar-refractivity contribution in [3.05, 3.63) is 53.6 Å². The third-order valence-electron chi connectivity index (χ3n) is 3.60. The van der Waals surface area contributed by atoms with Crippen LogP contribution in [0.15, 0.2) is 42.5 Å². The number of nitrogens with one attached hydrogen (secondary N) is 1. The first kappa shape index (κ1) is 15.2. The van der Waals surface area contributed by atoms with Gasteiger partial charge >= 0.3 is 0 Å². The van der Waals surface area contributed by atoms with Crippen LogP contribution in [0.2, 0.25) is 0 Å². The normalized spacial score (nSPS) is 14.5. The van der Waals surface area contributed by atoms with Crippen LogP contribution in [0.1, 0.15) is 25.0 Å². The number of hydrogen-bond acceptors (Lipinski definition) is 3. The Hall–Kier alpha value is -2.75. The largest absolute Gasteiger partial charge is 0.494 e. The summed E-state index contributed by atoms with van der Waals surface area (Å²) in [6.07, 6.45) is 1.86. The summed E-state index contributed by atoms with van der Waals surface area (Å²) in [6, 6.07) is 13.3. The van der Waals surface area contributed by atoms with Gasteiger partial charge in [0, 0.05) is 22.4 Å². The second-order valence-corrected chi connectivity index (χ2v) is 5.12. The predicted molar refractivity (Wildman–Crippen MR) is 91.7 cm³/mol. The van der Waals surface area contributed by atoms with E-state index in [0.29, 0.717) is 18.8 Å². The lowest BCUT2D eigenvalue weighted by Gasteiger charge is -2.10. The third-order valence-corrected chi connectivity index (χ3v) is 3.60. The van der Waals surface area contributed by atoms with Crippen LogP contribution in [0.4, 0.5) is 5.69 Å². The summed E-state index contributed by atoms with van der Waals surface area (Å²) in [6.45, 7) is 5.03. The minimum absolute atomic E-state index is 0.101. The second-order valence-electron chi connectivity index (χ2n) is 5.12. The monoisotopic (exact) mass is 309 g/mol. The van der Waals surface area contributed by atoms with E-state index < -0.39 is 0 Å². The zero-order valence-electron chi connectivity index (χ0n) is 13.3. The number of anilines is 1. The molecule has 1 heterocycles. The number of carbonyl (C=O) groups is 1. The summed E-state index contributed by atoms with van der Waals surface area (Å²) in [5.41, 5.74) is 3.21. The maximum atomic E-state index is 12.3. The molecule has 0 unspecified atom stereocenters. The Balaban J connectivity index is 2.07. The standard InChI is InChI=1S/C19H19NO3/c1-3-22-14-9-10-18(23-4-2)13(11-14)12-16-15-7-5-6-8-17(15)20-19(16)21/h5-12H,3-4H2,1-2H3,(H,20,21). The lowest BCUT2D eigenvalue weighted by Crippen LogP contribution is -2.04. The van der Waals surface area contributed by atoms with Crippen molar-refractivity contribution >= 4 is 23.2 Å². The van der Waals surface area contributed by atoms with Crippen LogP contribution in [-0.2, 0) is 4.79 Å². The zero-order valence-corrected chi connectivity index (χ0v) is 13.3. The molecule has 2 aromatic carbocycles. The first-order valence-electron chi connectivity index (χ1n) is 7.75. The Kier molecular flexibility index (Phi) is 4.33. The molecule has 3 rings (SSSR count). The van der Waals surface area contributed by atoms with E-state index in [-0.39, 0.29) is 5.91 Å². The van der Waals surface area contributed by atoms with E-state index in [1.54, 1.807) is 0 Å². The molecule has 118 valence electrons. The van der Waals surface area contributed by atoms with Crippen molar-refractivity contribution in [1.29, 1.82) is 0 Å². The number of rotatable bonds is 5. The highest BCUT2D eigenvalue weighted by Gasteiger charge is 2.23. The molecule has 0 fully saturated rings. The molecule has 0 spiro atoms. The van der Waals surface area contributed by atoms with Gasteiger partial charge in [-0.2, -0.15) is 0 Å². The number of amides is 1. The number of carbonyl (C=O) groups excluding carboxylic acids is 1. The molecule has 0 radical (unpaired) electrons. The van der Waals surface area contributed by atoms with Gasteiger partial charge in [0.15, 0.2) is 0 Å². The molecule has 1 amide bonds. The fraction of sp³-hybridized carbons (Fsp3) is 0.211. The average molecular weight is 309 g/mol. The number of benzene rings is 2. The van der Waals surface area contributed by atoms with Gasteiger partial charge in [-0.1, -0.05) is 18.2 Å². The van der Waals surface area contributed by atoms with Crippen LogP contribution in [0.25, 0.3) is 11.6 Å². The molecule has 0 aromatic heterocycles. The van der Waals surface area contributed by atoms with E-state index in [1.807, 2.05) is 62.4 Å². The summed E-state index contributed by atoms with van der Waals surface area (Å²) in [5.74, 6) is 1.39. The zero-order chi connectivity index (χ0) is 16.2. The van der Waals surface area contributed by atoms with Crippen LogP contribution in [-0.4, -0.2) is 19.1 Å². The third kappa shape index (κ3) is 3.06. The van der Waals surface area contributed by atoms with Crippen LogP contribution in [0.5, 0.6) is 11.5 Å². The van der Waals surface area contributed by atoms with Crippen molar-refractivity contribution in [2.45, 2.75) is 13.8 Å². The van der Waals surface area contributed by atoms with Crippen LogP contribution in [0, 0.1) is 0 Å². The molecule has 0 saturated carbocycles. The van der Waals surface area contributed by atoms with Gasteiger partial charge in [0.05, 0.1) is 13.2 Å². The summed E-state index contributed by atoms with van der Waals surface area (Å²) in [5, 5.41) is 2.88. The van der Waals surface area contributed by atoms with E-state index >= 15 is 0 Å². The van der Waals surface area contributed by atoms with Crippen molar-refractivity contribution in [1.82, 2.24) is 0 Å². The topological polar surface area (TPSA) is 47.6 Å². The summed E-state index contributed by atoms with van der Waals surface area (Å²) in [4.78, 5) is 12.3. The highest BCUT2D eigenvalue weighted by atomic mass is 16.5. The van der Waals surface area contributed by atoms with Gasteiger partial charge in [-0.3, -0.25) is 4.79 Å². The van der Waals surface area contributed by atoms with Gasteiger partial charge in [0.25, 0.3) is 5.91 Å². The van der Waals surface area contributed by atoms with E-state index in [9.17, 15) is 4.79 Å². The fourth-order valence-electron chi connectivity index (χ4n) is 2.62. The number of ether oxygens (including phenoxy) is 2. The summed E-state index contributed by atoms with van der Waals surface area (Å²) in [7, 11) is 0. The molecular formula is C19H19NO3. The molecule has 1 aliphatic heterocycles. The van der Waals surface area contributed by atoms with E-state index in [0.717, 1.165) is 28.3 Å². The maximum absolute atomic E-state index is 12.3. The second kappa shape index (κ2) is 6.57. The van der Waals surface area contributed by atoms with E-state index in [1.165, 1.54) is 0 Å². The van der Waals surface area contributed by atoms with Gasteiger partial charge in [-0.15, -0.1) is 0 Å². The van der Waals surface area contributed by atoms with Crippen LogP contribution < -0.4 is 14.8 Å². The average Bonchev–Trinajstić information content (AvgIpc) is 2.86.